The van der Waals surface area contributed by atoms with Gasteiger partial charge in [0.2, 0.25) is 10.0 Å². The minimum absolute atomic E-state index is 0.0730. The minimum atomic E-state index is -3.91. The Kier molecular flexibility index (Phi) is 6.79. The molecule has 0 unspecified atom stereocenters. The molecule has 2 aliphatic rings. The highest BCUT2D eigenvalue weighted by Gasteiger charge is 2.43. The molecule has 1 aliphatic heterocycles. The van der Waals surface area contributed by atoms with Gasteiger partial charge >= 0.3 is 5.97 Å². The van der Waals surface area contributed by atoms with Gasteiger partial charge in [-0.2, -0.15) is 0 Å². The molecular weight excluding hydrogens is 486 g/mol. The number of sulfonamides is 1. The number of nitrogens with two attached hydrogens (primary N) is 2. The lowest BCUT2D eigenvalue weighted by atomic mass is 9.75. The summed E-state index contributed by atoms with van der Waals surface area (Å²) in [6.07, 6.45) is 1.44. The Morgan fingerprint density at radius 2 is 1.67 bits per heavy atom. The second kappa shape index (κ2) is 9.67. The monoisotopic (exact) mass is 513 g/mol. The molecule has 0 bridgehead atoms. The van der Waals surface area contributed by atoms with Crippen LogP contribution in [0.4, 0.5) is 5.69 Å². The highest BCUT2D eigenvalue weighted by Crippen LogP contribution is 2.48. The van der Waals surface area contributed by atoms with Crippen molar-refractivity contribution in [3.05, 3.63) is 70.7 Å². The Bertz CT molecular complexity index is 1400. The zero-order chi connectivity index (χ0) is 26.2. The smallest absolute Gasteiger partial charge is 0.338 e. The predicted octanol–water partition coefficient (Wildman–Crippen LogP) is 2.31. The molecule has 0 saturated carbocycles. The predicted molar refractivity (Wildman–Crippen MR) is 132 cm³/mol. The quantitative estimate of drug-likeness (QED) is 0.554. The van der Waals surface area contributed by atoms with Gasteiger partial charge in [0.1, 0.15) is 5.82 Å². The molecule has 2 aromatic rings. The van der Waals surface area contributed by atoms with E-state index in [1.807, 2.05) is 0 Å². The second-order valence-electron chi connectivity index (χ2n) is 8.35. The Labute approximate surface area is 209 Å². The van der Waals surface area contributed by atoms with Crippen molar-refractivity contribution in [2.24, 2.45) is 10.9 Å². The van der Waals surface area contributed by atoms with Gasteiger partial charge < -0.3 is 19.9 Å². The van der Waals surface area contributed by atoms with Crippen LogP contribution >= 0.6 is 0 Å². The Morgan fingerprint density at radius 3 is 2.25 bits per heavy atom. The number of Topliss-reactive ketones (excluding diaryl/α,β-unsaturated/α-hetero) is 1. The van der Waals surface area contributed by atoms with Crippen LogP contribution in [0.5, 0.6) is 11.5 Å². The molecule has 190 valence electrons. The fourth-order valence-corrected chi connectivity index (χ4v) is 5.26. The van der Waals surface area contributed by atoms with Gasteiger partial charge in [-0.1, -0.05) is 6.07 Å². The number of benzene rings is 2. The second-order valence-corrected chi connectivity index (χ2v) is 9.91. The fourth-order valence-electron chi connectivity index (χ4n) is 4.74. The van der Waals surface area contributed by atoms with Crippen molar-refractivity contribution in [3.63, 3.8) is 0 Å². The highest BCUT2D eigenvalue weighted by atomic mass is 32.2. The largest absolute Gasteiger partial charge is 0.493 e. The van der Waals surface area contributed by atoms with Crippen LogP contribution in [0.2, 0.25) is 0 Å². The molecule has 0 saturated heterocycles. The number of allylic oxidation sites excluding steroid dienone is 2. The third-order valence-electron chi connectivity index (χ3n) is 6.36. The zero-order valence-corrected chi connectivity index (χ0v) is 20.9. The number of methoxy groups -OCH3 is 3. The number of esters is 1. The molecule has 4 N–H and O–H groups in total. The van der Waals surface area contributed by atoms with Gasteiger partial charge in [0.15, 0.2) is 17.3 Å². The van der Waals surface area contributed by atoms with E-state index in [1.165, 1.54) is 45.6 Å². The molecule has 0 spiro atoms. The normalized spacial score (nSPS) is 18.2. The van der Waals surface area contributed by atoms with Crippen LogP contribution in [0.3, 0.4) is 0 Å². The number of primary sulfonamides is 1. The number of ether oxygens (including phenoxy) is 3. The van der Waals surface area contributed by atoms with Crippen LogP contribution in [0.15, 0.2) is 70.0 Å². The average Bonchev–Trinajstić information content (AvgIpc) is 2.87. The van der Waals surface area contributed by atoms with Crippen LogP contribution in [-0.4, -0.2) is 41.5 Å². The first kappa shape index (κ1) is 25.3. The summed E-state index contributed by atoms with van der Waals surface area (Å²) in [4.78, 5) is 28.0. The molecule has 0 radical (unpaired) electrons. The van der Waals surface area contributed by atoms with E-state index in [1.54, 1.807) is 23.1 Å². The highest BCUT2D eigenvalue weighted by molar-refractivity contribution is 7.89. The van der Waals surface area contributed by atoms with Crippen molar-refractivity contribution >= 4 is 27.5 Å². The first-order valence-electron chi connectivity index (χ1n) is 11.1. The van der Waals surface area contributed by atoms with E-state index < -0.39 is 21.9 Å². The summed E-state index contributed by atoms with van der Waals surface area (Å²) in [5.74, 6) is -0.587. The molecule has 0 aromatic heterocycles. The van der Waals surface area contributed by atoms with E-state index in [2.05, 4.69) is 0 Å². The maximum absolute atomic E-state index is 13.4. The summed E-state index contributed by atoms with van der Waals surface area (Å²) < 4.78 is 39.3. The van der Waals surface area contributed by atoms with Crippen LogP contribution < -0.4 is 25.2 Å². The fraction of sp³-hybridized carbons (Fsp3) is 0.280. The lowest BCUT2D eigenvalue weighted by Gasteiger charge is -2.40. The lowest BCUT2D eigenvalue weighted by molar-refractivity contribution is -0.136. The van der Waals surface area contributed by atoms with Crippen LogP contribution in [0.25, 0.3) is 0 Å². The van der Waals surface area contributed by atoms with Crippen LogP contribution in [-0.2, 0) is 24.3 Å². The van der Waals surface area contributed by atoms with E-state index in [-0.39, 0.29) is 22.1 Å². The van der Waals surface area contributed by atoms with Crippen molar-refractivity contribution in [1.82, 2.24) is 0 Å². The maximum atomic E-state index is 13.4. The van der Waals surface area contributed by atoms with Gasteiger partial charge in [-0.3, -0.25) is 9.69 Å². The molecular formula is C25H27N3O7S. The number of ketones is 1. The number of nitrogens with zero attached hydrogens (tertiary/aromatic N) is 1. The Balaban J connectivity index is 1.97. The van der Waals surface area contributed by atoms with Gasteiger partial charge in [0, 0.05) is 23.4 Å². The third kappa shape index (κ3) is 4.31. The summed E-state index contributed by atoms with van der Waals surface area (Å²) in [5.41, 5.74) is 8.88. The van der Waals surface area contributed by atoms with E-state index in [4.69, 9.17) is 25.1 Å². The van der Waals surface area contributed by atoms with Crippen molar-refractivity contribution in [2.75, 3.05) is 26.2 Å². The summed E-state index contributed by atoms with van der Waals surface area (Å²) in [7, 11) is 0.348. The number of rotatable bonds is 6. The number of hydrogen-bond donors (Lipinski definition) is 2. The molecule has 0 amide bonds. The van der Waals surface area contributed by atoms with Gasteiger partial charge in [0.25, 0.3) is 0 Å². The first-order chi connectivity index (χ1) is 17.1. The molecule has 36 heavy (non-hydrogen) atoms. The lowest BCUT2D eigenvalue weighted by Crippen LogP contribution is -2.41. The topological polar surface area (TPSA) is 151 Å². The summed E-state index contributed by atoms with van der Waals surface area (Å²) >= 11 is 0. The summed E-state index contributed by atoms with van der Waals surface area (Å²) in [5, 5.41) is 5.23. The van der Waals surface area contributed by atoms with Crippen LogP contribution in [0, 0.1) is 0 Å². The van der Waals surface area contributed by atoms with Crippen molar-refractivity contribution < 1.29 is 32.2 Å². The zero-order valence-electron chi connectivity index (χ0n) is 20.1. The first-order valence-corrected chi connectivity index (χ1v) is 12.7. The van der Waals surface area contributed by atoms with Gasteiger partial charge in [-0.05, 0) is 54.8 Å². The molecule has 4 rings (SSSR count). The van der Waals surface area contributed by atoms with Gasteiger partial charge in [-0.15, -0.1) is 0 Å². The average molecular weight is 514 g/mol. The molecule has 0 fully saturated rings. The standard InChI is InChI=1S/C25H27N3O7S/c1-33-19-12-7-14(13-20(19)34-2)21-22-17(5-4-6-18(22)29)28(24(26)23(21)25(30)35-3)15-8-10-16(11-9-15)36(27,31)32/h7-13,21H,4-6,26H2,1-3H3,(H2,27,31,32)/t21-/m1/s1. The number of carbonyl (C=O) groups excluding carboxylic acids is 2. The molecule has 1 heterocycles. The Hall–Kier alpha value is -3.83. The molecule has 1 aliphatic carbocycles. The van der Waals surface area contributed by atoms with Gasteiger partial charge in [-0.25, -0.2) is 18.4 Å². The number of anilines is 1. The van der Waals surface area contributed by atoms with Gasteiger partial charge in [0.05, 0.1) is 37.7 Å². The molecule has 10 nitrogen and oxygen atoms in total. The van der Waals surface area contributed by atoms with E-state index in [0.29, 0.717) is 53.3 Å². The van der Waals surface area contributed by atoms with E-state index >= 15 is 0 Å². The van der Waals surface area contributed by atoms with Crippen molar-refractivity contribution in [2.45, 2.75) is 30.1 Å². The molecule has 2 aromatic carbocycles. The number of carbonyl (C=O) groups is 2. The molecule has 11 heteroatoms. The molecule has 1 atom stereocenters. The summed E-state index contributed by atoms with van der Waals surface area (Å²) in [6, 6.07) is 10.9. The maximum Gasteiger partial charge on any atom is 0.338 e. The Morgan fingerprint density at radius 1 is 1.00 bits per heavy atom. The van der Waals surface area contributed by atoms with Crippen molar-refractivity contribution in [1.29, 1.82) is 0 Å². The minimum Gasteiger partial charge on any atom is -0.493 e. The third-order valence-corrected chi connectivity index (χ3v) is 7.29. The van der Waals surface area contributed by atoms with Crippen LogP contribution in [0.1, 0.15) is 30.7 Å². The SMILES string of the molecule is COC(=O)C1=C(N)N(c2ccc(S(N)(=O)=O)cc2)C2=C(C(=O)CCC2)[C@H]1c1ccc(OC)c(OC)c1. The van der Waals surface area contributed by atoms with Crippen molar-refractivity contribution in [3.8, 4) is 11.5 Å². The summed E-state index contributed by atoms with van der Waals surface area (Å²) in [6.45, 7) is 0. The number of hydrogen-bond acceptors (Lipinski definition) is 9. The van der Waals surface area contributed by atoms with E-state index in [9.17, 15) is 18.0 Å². The van der Waals surface area contributed by atoms with E-state index in [0.717, 1.165) is 0 Å².